The molecule has 0 fully saturated rings. The van der Waals surface area contributed by atoms with Crippen LogP contribution in [0.15, 0.2) is 224 Å². The van der Waals surface area contributed by atoms with E-state index >= 15 is 0 Å². The van der Waals surface area contributed by atoms with Gasteiger partial charge in [0.25, 0.3) is 0 Å². The van der Waals surface area contributed by atoms with Crippen molar-refractivity contribution in [3.8, 4) is 44.8 Å². The lowest BCUT2D eigenvalue weighted by atomic mass is 9.89. The van der Waals surface area contributed by atoms with Gasteiger partial charge >= 0.3 is 0 Å². The van der Waals surface area contributed by atoms with E-state index in [0.717, 1.165) is 94.1 Å². The minimum absolute atomic E-state index is 0.923. The Bertz CT molecular complexity index is 3250. The third kappa shape index (κ3) is 6.08. The SMILES string of the molecule is c1ccc(-c2ccc(-c3cc(-c4cc5c(-c6ccccc6)nc6cccc(N(c7ccccc7)c7ccccc7)c6c5c5ccccc45)nc4ccccc34)cc2)cc1. The fourth-order valence-electron chi connectivity index (χ4n) is 8.71. The number of pyridine rings is 2. The minimum Gasteiger partial charge on any atom is -0.310 e. The van der Waals surface area contributed by atoms with Crippen LogP contribution in [-0.4, -0.2) is 9.97 Å². The summed E-state index contributed by atoms with van der Waals surface area (Å²) in [7, 11) is 0. The first-order chi connectivity index (χ1) is 29.3. The van der Waals surface area contributed by atoms with Crippen LogP contribution in [0.5, 0.6) is 0 Å². The van der Waals surface area contributed by atoms with E-state index in [0.29, 0.717) is 0 Å². The molecule has 2 heterocycles. The molecular formula is C56H37N3. The van der Waals surface area contributed by atoms with Gasteiger partial charge in [-0.25, -0.2) is 9.97 Å². The van der Waals surface area contributed by atoms with Crippen molar-refractivity contribution in [3.05, 3.63) is 224 Å². The molecule has 0 aliphatic carbocycles. The van der Waals surface area contributed by atoms with Gasteiger partial charge in [0.2, 0.25) is 0 Å². The van der Waals surface area contributed by atoms with Gasteiger partial charge in [0.1, 0.15) is 0 Å². The van der Waals surface area contributed by atoms with Crippen molar-refractivity contribution < 1.29 is 0 Å². The van der Waals surface area contributed by atoms with E-state index in [-0.39, 0.29) is 0 Å². The molecule has 276 valence electrons. The van der Waals surface area contributed by atoms with E-state index in [9.17, 15) is 0 Å². The Labute approximate surface area is 343 Å². The zero-order valence-electron chi connectivity index (χ0n) is 32.2. The Morgan fingerprint density at radius 3 is 1.51 bits per heavy atom. The maximum absolute atomic E-state index is 5.55. The third-order valence-corrected chi connectivity index (χ3v) is 11.4. The molecule has 0 atom stereocenters. The van der Waals surface area contributed by atoms with Crippen molar-refractivity contribution in [3.63, 3.8) is 0 Å². The highest BCUT2D eigenvalue weighted by Crippen LogP contribution is 2.47. The Kier molecular flexibility index (Phi) is 8.49. The molecule has 0 saturated carbocycles. The van der Waals surface area contributed by atoms with Gasteiger partial charge in [0.15, 0.2) is 0 Å². The first kappa shape index (κ1) is 34.4. The molecule has 0 amide bonds. The number of rotatable bonds is 7. The molecule has 0 radical (unpaired) electrons. The lowest BCUT2D eigenvalue weighted by Gasteiger charge is -2.28. The number of benzene rings is 9. The highest BCUT2D eigenvalue weighted by molar-refractivity contribution is 6.28. The summed E-state index contributed by atoms with van der Waals surface area (Å²) in [5.74, 6) is 0. The molecule has 3 nitrogen and oxygen atoms in total. The van der Waals surface area contributed by atoms with Crippen molar-refractivity contribution in [2.75, 3.05) is 4.90 Å². The molecule has 9 aromatic carbocycles. The average molecular weight is 752 g/mol. The first-order valence-corrected chi connectivity index (χ1v) is 20.1. The molecule has 11 rings (SSSR count). The van der Waals surface area contributed by atoms with Crippen molar-refractivity contribution in [1.82, 2.24) is 9.97 Å². The van der Waals surface area contributed by atoms with Crippen molar-refractivity contribution in [1.29, 1.82) is 0 Å². The number of hydrogen-bond acceptors (Lipinski definition) is 3. The Morgan fingerprint density at radius 2 is 0.831 bits per heavy atom. The number of fused-ring (bicyclic) bond motifs is 6. The monoisotopic (exact) mass is 751 g/mol. The summed E-state index contributed by atoms with van der Waals surface area (Å²) < 4.78 is 0. The second-order valence-electron chi connectivity index (χ2n) is 14.9. The second-order valence-corrected chi connectivity index (χ2v) is 14.9. The topological polar surface area (TPSA) is 29.0 Å². The van der Waals surface area contributed by atoms with Gasteiger partial charge in [0.05, 0.1) is 28.1 Å². The number of nitrogens with zero attached hydrogens (tertiary/aromatic N) is 3. The summed E-state index contributed by atoms with van der Waals surface area (Å²) in [6.45, 7) is 0. The van der Waals surface area contributed by atoms with Crippen LogP contribution in [0.25, 0.3) is 88.1 Å². The number of aromatic nitrogens is 2. The highest BCUT2D eigenvalue weighted by atomic mass is 15.1. The molecule has 0 N–H and O–H groups in total. The predicted molar refractivity (Wildman–Crippen MR) is 248 cm³/mol. The Hall–Kier alpha value is -7.88. The quantitative estimate of drug-likeness (QED) is 0.152. The van der Waals surface area contributed by atoms with Crippen molar-refractivity contribution >= 4 is 60.4 Å². The minimum atomic E-state index is 0.923. The Morgan fingerprint density at radius 1 is 0.305 bits per heavy atom. The second kappa shape index (κ2) is 14.6. The molecule has 0 unspecified atom stereocenters. The normalized spacial score (nSPS) is 11.4. The van der Waals surface area contributed by atoms with E-state index in [1.807, 2.05) is 0 Å². The van der Waals surface area contributed by atoms with Gasteiger partial charge in [0, 0.05) is 44.0 Å². The smallest absolute Gasteiger partial charge is 0.0788 e. The van der Waals surface area contributed by atoms with Crippen LogP contribution in [0.4, 0.5) is 17.1 Å². The van der Waals surface area contributed by atoms with Gasteiger partial charge in [-0.1, -0.05) is 170 Å². The summed E-state index contributed by atoms with van der Waals surface area (Å²) in [5, 5.41) is 6.76. The molecule has 59 heavy (non-hydrogen) atoms. The molecule has 3 heteroatoms. The van der Waals surface area contributed by atoms with Crippen LogP contribution < -0.4 is 4.90 Å². The van der Waals surface area contributed by atoms with Gasteiger partial charge in [-0.3, -0.25) is 0 Å². The molecule has 0 saturated heterocycles. The zero-order valence-corrected chi connectivity index (χ0v) is 32.2. The summed E-state index contributed by atoms with van der Waals surface area (Å²) in [6.07, 6.45) is 0. The van der Waals surface area contributed by atoms with E-state index < -0.39 is 0 Å². The summed E-state index contributed by atoms with van der Waals surface area (Å²) in [4.78, 5) is 13.3. The molecule has 0 aliphatic rings. The third-order valence-electron chi connectivity index (χ3n) is 11.4. The van der Waals surface area contributed by atoms with Gasteiger partial charge in [-0.15, -0.1) is 0 Å². The van der Waals surface area contributed by atoms with Crippen LogP contribution in [-0.2, 0) is 0 Å². The van der Waals surface area contributed by atoms with Gasteiger partial charge in [-0.2, -0.15) is 0 Å². The molecule has 0 bridgehead atoms. The molecule has 2 aromatic heterocycles. The van der Waals surface area contributed by atoms with Crippen LogP contribution in [0.1, 0.15) is 0 Å². The van der Waals surface area contributed by atoms with E-state index in [4.69, 9.17) is 9.97 Å². The van der Waals surface area contributed by atoms with Crippen LogP contribution in [0.2, 0.25) is 0 Å². The summed E-state index contributed by atoms with van der Waals surface area (Å²) in [6, 6.07) is 79.8. The lowest BCUT2D eigenvalue weighted by Crippen LogP contribution is -2.10. The van der Waals surface area contributed by atoms with Gasteiger partial charge < -0.3 is 4.90 Å². The largest absolute Gasteiger partial charge is 0.310 e. The predicted octanol–water partition coefficient (Wildman–Crippen LogP) is 15.2. The van der Waals surface area contributed by atoms with Crippen molar-refractivity contribution in [2.24, 2.45) is 0 Å². The number of para-hydroxylation sites is 3. The summed E-state index contributed by atoms with van der Waals surface area (Å²) >= 11 is 0. The van der Waals surface area contributed by atoms with Crippen LogP contribution in [0, 0.1) is 0 Å². The van der Waals surface area contributed by atoms with Gasteiger partial charge in [-0.05, 0) is 87.6 Å². The fraction of sp³-hybridized carbons (Fsp3) is 0. The van der Waals surface area contributed by atoms with E-state index in [1.165, 1.54) is 11.1 Å². The maximum Gasteiger partial charge on any atom is 0.0788 e. The summed E-state index contributed by atoms with van der Waals surface area (Å²) in [5.41, 5.74) is 13.8. The van der Waals surface area contributed by atoms with E-state index in [2.05, 4.69) is 229 Å². The average Bonchev–Trinajstić information content (AvgIpc) is 3.32. The van der Waals surface area contributed by atoms with Crippen molar-refractivity contribution in [2.45, 2.75) is 0 Å². The van der Waals surface area contributed by atoms with E-state index in [1.54, 1.807) is 0 Å². The molecule has 0 spiro atoms. The number of anilines is 3. The highest BCUT2D eigenvalue weighted by Gasteiger charge is 2.23. The molecule has 0 aliphatic heterocycles. The molecule has 11 aromatic rings. The number of hydrogen-bond donors (Lipinski definition) is 0. The lowest BCUT2D eigenvalue weighted by molar-refractivity contribution is 1.29. The standard InChI is InChI=1S/C56H37N3/c1-5-18-38(19-6-1)39-32-34-40(35-33-39)47-37-52(57-50-29-16-15-27-45(47)50)48-36-49-54(46-28-14-13-26-44(46)48)55-51(58-56(49)41-20-7-2-8-21-41)30-17-31-53(55)59(42-22-9-3-10-23-42)43-24-11-4-12-25-43/h1-37H. The fourth-order valence-corrected chi connectivity index (χ4v) is 8.71. The molecular weight excluding hydrogens is 715 g/mol. The maximum atomic E-state index is 5.55. The Balaban J connectivity index is 1.21. The first-order valence-electron chi connectivity index (χ1n) is 20.1. The van der Waals surface area contributed by atoms with Crippen LogP contribution in [0.3, 0.4) is 0 Å². The zero-order chi connectivity index (χ0) is 39.1. The van der Waals surface area contributed by atoms with Crippen LogP contribution >= 0.6 is 0 Å².